The lowest BCUT2D eigenvalue weighted by Gasteiger charge is -2.33. The summed E-state index contributed by atoms with van der Waals surface area (Å²) in [6, 6.07) is 7.72. The molecule has 2 aliphatic rings. The monoisotopic (exact) mass is 409 g/mol. The van der Waals surface area contributed by atoms with Gasteiger partial charge in [-0.1, -0.05) is 28.9 Å². The van der Waals surface area contributed by atoms with E-state index in [9.17, 15) is 0 Å². The molecule has 0 bridgehead atoms. The first kappa shape index (κ1) is 18.6. The molecule has 150 valence electrons. The molecule has 2 aromatic heterocycles. The van der Waals surface area contributed by atoms with E-state index in [1.807, 2.05) is 31.2 Å². The number of hydrogen-bond donors (Lipinski definition) is 0. The summed E-state index contributed by atoms with van der Waals surface area (Å²) in [5, 5.41) is 4.95. The zero-order chi connectivity index (χ0) is 20.0. The van der Waals surface area contributed by atoms with Gasteiger partial charge in [-0.15, -0.1) is 0 Å². The second-order valence-corrected chi connectivity index (χ2v) is 8.52. The quantitative estimate of drug-likeness (QED) is 0.600. The normalized spacial score (nSPS) is 19.6. The standard InChI is InChI=1S/C22H24ClN5O/c1-13-14(2)24-20(17-7-3-4-8-18(17)23)25-21(13)28-11-5-6-16(12-28)19-26-22(29-27-19)15-9-10-15/h3-4,7-8,15-16H,5-6,9-12H2,1-2H3. The summed E-state index contributed by atoms with van der Waals surface area (Å²) in [6.45, 7) is 5.92. The molecule has 6 nitrogen and oxygen atoms in total. The highest BCUT2D eigenvalue weighted by Gasteiger charge is 2.32. The summed E-state index contributed by atoms with van der Waals surface area (Å²) in [4.78, 5) is 16.7. The van der Waals surface area contributed by atoms with Crippen molar-refractivity contribution in [2.45, 2.75) is 51.4 Å². The topological polar surface area (TPSA) is 67.9 Å². The van der Waals surface area contributed by atoms with Crippen LogP contribution in [0.5, 0.6) is 0 Å². The van der Waals surface area contributed by atoms with Gasteiger partial charge < -0.3 is 9.42 Å². The second kappa shape index (κ2) is 7.41. The van der Waals surface area contributed by atoms with Crippen LogP contribution in [-0.4, -0.2) is 33.2 Å². The molecule has 0 spiro atoms. The van der Waals surface area contributed by atoms with E-state index < -0.39 is 0 Å². The van der Waals surface area contributed by atoms with E-state index in [2.05, 4.69) is 22.0 Å². The van der Waals surface area contributed by atoms with Gasteiger partial charge in [0.05, 0.1) is 5.02 Å². The van der Waals surface area contributed by atoms with Crippen molar-refractivity contribution in [1.29, 1.82) is 0 Å². The molecule has 1 saturated heterocycles. The molecule has 3 heterocycles. The molecule has 1 aliphatic heterocycles. The van der Waals surface area contributed by atoms with Gasteiger partial charge in [0, 0.05) is 41.7 Å². The highest BCUT2D eigenvalue weighted by Crippen LogP contribution is 2.40. The van der Waals surface area contributed by atoms with Crippen LogP contribution in [-0.2, 0) is 0 Å². The predicted molar refractivity (Wildman–Crippen MR) is 112 cm³/mol. The molecule has 5 rings (SSSR count). The van der Waals surface area contributed by atoms with Crippen LogP contribution in [0, 0.1) is 13.8 Å². The van der Waals surface area contributed by atoms with Crippen LogP contribution in [0.2, 0.25) is 5.02 Å². The van der Waals surface area contributed by atoms with Crippen LogP contribution in [0.3, 0.4) is 0 Å². The Kier molecular flexibility index (Phi) is 4.74. The van der Waals surface area contributed by atoms with E-state index in [-0.39, 0.29) is 5.92 Å². The number of aromatic nitrogens is 4. The number of halogens is 1. The lowest BCUT2D eigenvalue weighted by molar-refractivity contribution is 0.365. The average molecular weight is 410 g/mol. The SMILES string of the molecule is Cc1nc(-c2ccccc2Cl)nc(N2CCCC(c3noc(C4CC4)n3)C2)c1C. The molecule has 3 aromatic rings. The van der Waals surface area contributed by atoms with E-state index >= 15 is 0 Å². The van der Waals surface area contributed by atoms with Crippen molar-refractivity contribution in [2.75, 3.05) is 18.0 Å². The lowest BCUT2D eigenvalue weighted by Crippen LogP contribution is -2.36. The number of benzene rings is 1. The Morgan fingerprint density at radius 2 is 1.86 bits per heavy atom. The predicted octanol–water partition coefficient (Wildman–Crippen LogP) is 5.06. The fourth-order valence-corrected chi connectivity index (χ4v) is 4.19. The molecule has 0 N–H and O–H groups in total. The summed E-state index contributed by atoms with van der Waals surface area (Å²) >= 11 is 6.40. The largest absolute Gasteiger partial charge is 0.356 e. The Balaban J connectivity index is 1.45. The third-order valence-corrected chi connectivity index (χ3v) is 6.28. The van der Waals surface area contributed by atoms with Crippen molar-refractivity contribution in [2.24, 2.45) is 0 Å². The first-order chi connectivity index (χ1) is 14.1. The maximum absolute atomic E-state index is 6.40. The van der Waals surface area contributed by atoms with Crippen molar-refractivity contribution in [1.82, 2.24) is 20.1 Å². The van der Waals surface area contributed by atoms with Gasteiger partial charge in [0.15, 0.2) is 11.6 Å². The van der Waals surface area contributed by atoms with Gasteiger partial charge >= 0.3 is 0 Å². The Bertz CT molecular complexity index is 1050. The van der Waals surface area contributed by atoms with E-state index in [1.54, 1.807) is 0 Å². The maximum atomic E-state index is 6.40. The van der Waals surface area contributed by atoms with Crippen LogP contribution < -0.4 is 4.90 Å². The summed E-state index contributed by atoms with van der Waals surface area (Å²) < 4.78 is 5.50. The molecule has 29 heavy (non-hydrogen) atoms. The zero-order valence-corrected chi connectivity index (χ0v) is 17.5. The minimum atomic E-state index is 0.262. The van der Waals surface area contributed by atoms with Crippen molar-refractivity contribution >= 4 is 17.4 Å². The minimum Gasteiger partial charge on any atom is -0.356 e. The Morgan fingerprint density at radius 3 is 2.66 bits per heavy atom. The fraction of sp³-hybridized carbons (Fsp3) is 0.455. The van der Waals surface area contributed by atoms with Crippen molar-refractivity contribution in [3.8, 4) is 11.4 Å². The average Bonchev–Trinajstić information content (AvgIpc) is 3.47. The molecule has 0 amide bonds. The number of aryl methyl sites for hydroxylation is 1. The van der Waals surface area contributed by atoms with Crippen LogP contribution in [0.1, 0.15) is 60.5 Å². The van der Waals surface area contributed by atoms with Crippen LogP contribution in [0.15, 0.2) is 28.8 Å². The van der Waals surface area contributed by atoms with Gasteiger partial charge in [0.2, 0.25) is 5.89 Å². The molecule has 0 radical (unpaired) electrons. The van der Waals surface area contributed by atoms with Crippen molar-refractivity contribution in [3.63, 3.8) is 0 Å². The number of hydrogen-bond acceptors (Lipinski definition) is 6. The molecule has 1 aromatic carbocycles. The number of piperidine rings is 1. The van der Waals surface area contributed by atoms with E-state index in [1.165, 1.54) is 12.8 Å². The first-order valence-corrected chi connectivity index (χ1v) is 10.7. The maximum Gasteiger partial charge on any atom is 0.229 e. The van der Waals surface area contributed by atoms with Gasteiger partial charge in [-0.05, 0) is 51.7 Å². The van der Waals surface area contributed by atoms with Gasteiger partial charge in [0.1, 0.15) is 5.82 Å². The van der Waals surface area contributed by atoms with Crippen LogP contribution >= 0.6 is 11.6 Å². The Labute approximate surface area is 175 Å². The van der Waals surface area contributed by atoms with Crippen molar-refractivity contribution in [3.05, 3.63) is 52.3 Å². The first-order valence-electron chi connectivity index (χ1n) is 10.3. The van der Waals surface area contributed by atoms with Gasteiger partial charge in [-0.25, -0.2) is 9.97 Å². The summed E-state index contributed by atoms with van der Waals surface area (Å²) in [7, 11) is 0. The minimum absolute atomic E-state index is 0.262. The molecular weight excluding hydrogens is 386 g/mol. The second-order valence-electron chi connectivity index (χ2n) is 8.11. The highest BCUT2D eigenvalue weighted by atomic mass is 35.5. The number of nitrogens with zero attached hydrogens (tertiary/aromatic N) is 5. The van der Waals surface area contributed by atoms with E-state index in [0.717, 1.165) is 60.3 Å². The smallest absolute Gasteiger partial charge is 0.229 e. The van der Waals surface area contributed by atoms with Crippen molar-refractivity contribution < 1.29 is 4.52 Å². The summed E-state index contributed by atoms with van der Waals surface area (Å²) in [5.41, 5.74) is 2.94. The third kappa shape index (κ3) is 3.62. The Hall–Kier alpha value is -2.47. The molecule has 1 saturated carbocycles. The van der Waals surface area contributed by atoms with Crippen LogP contribution in [0.4, 0.5) is 5.82 Å². The highest BCUT2D eigenvalue weighted by molar-refractivity contribution is 6.33. The molecular formula is C22H24ClN5O. The van der Waals surface area contributed by atoms with Gasteiger partial charge in [-0.2, -0.15) is 4.98 Å². The summed E-state index contributed by atoms with van der Waals surface area (Å²) in [6.07, 6.45) is 4.48. The van der Waals surface area contributed by atoms with E-state index in [4.69, 9.17) is 26.1 Å². The molecule has 1 aliphatic carbocycles. The van der Waals surface area contributed by atoms with Gasteiger partial charge in [-0.3, -0.25) is 0 Å². The lowest BCUT2D eigenvalue weighted by atomic mass is 9.97. The third-order valence-electron chi connectivity index (χ3n) is 5.95. The summed E-state index contributed by atoms with van der Waals surface area (Å²) in [5.74, 6) is 4.05. The molecule has 7 heteroatoms. The number of anilines is 1. The van der Waals surface area contributed by atoms with Gasteiger partial charge in [0.25, 0.3) is 0 Å². The number of rotatable bonds is 4. The van der Waals surface area contributed by atoms with Crippen LogP contribution in [0.25, 0.3) is 11.4 Å². The zero-order valence-electron chi connectivity index (χ0n) is 16.7. The molecule has 2 fully saturated rings. The Morgan fingerprint density at radius 1 is 1.03 bits per heavy atom. The van der Waals surface area contributed by atoms with E-state index in [0.29, 0.717) is 16.8 Å². The molecule has 1 unspecified atom stereocenters. The molecule has 1 atom stereocenters. The fourth-order valence-electron chi connectivity index (χ4n) is 3.97.